The van der Waals surface area contributed by atoms with E-state index in [1.807, 2.05) is 24.3 Å². The van der Waals surface area contributed by atoms with Crippen LogP contribution in [-0.4, -0.2) is 63.4 Å². The van der Waals surface area contributed by atoms with Gasteiger partial charge in [-0.05, 0) is 75.5 Å². The number of likely N-dealkylation sites (tertiary alicyclic amines) is 1. The Morgan fingerprint density at radius 2 is 1.97 bits per heavy atom. The van der Waals surface area contributed by atoms with Gasteiger partial charge in [0.1, 0.15) is 0 Å². The Balaban J connectivity index is 1.43. The highest BCUT2D eigenvalue weighted by Crippen LogP contribution is 2.33. The first kappa shape index (κ1) is 21.3. The van der Waals surface area contributed by atoms with Crippen molar-refractivity contribution in [2.45, 2.75) is 25.7 Å². The van der Waals surface area contributed by atoms with Gasteiger partial charge in [0.15, 0.2) is 5.82 Å². The fourth-order valence-corrected chi connectivity index (χ4v) is 4.73. The van der Waals surface area contributed by atoms with Gasteiger partial charge < -0.3 is 20.4 Å². The molecule has 1 aliphatic heterocycles. The van der Waals surface area contributed by atoms with Gasteiger partial charge in [0.05, 0.1) is 17.1 Å². The molecular weight excluding hydrogens is 416 g/mol. The highest BCUT2D eigenvalue weighted by atomic mass is 16.4. The summed E-state index contributed by atoms with van der Waals surface area (Å²) in [6.07, 6.45) is 7.19. The van der Waals surface area contributed by atoms with Gasteiger partial charge in [-0.1, -0.05) is 17.3 Å². The Labute approximate surface area is 192 Å². The molecule has 0 atom stereocenters. The Morgan fingerprint density at radius 1 is 1.18 bits per heavy atom. The quantitative estimate of drug-likeness (QED) is 0.413. The molecule has 0 spiro atoms. The van der Waals surface area contributed by atoms with Gasteiger partial charge in [-0.2, -0.15) is 0 Å². The molecule has 0 radical (unpaired) electrons. The number of oxime groups is 1. The van der Waals surface area contributed by atoms with Crippen molar-refractivity contribution in [3.8, 4) is 22.5 Å². The normalized spacial score (nSPS) is 17.9. The van der Waals surface area contributed by atoms with Crippen LogP contribution in [0, 0.1) is 5.92 Å². The molecule has 3 heterocycles. The monoisotopic (exact) mass is 444 g/mol. The van der Waals surface area contributed by atoms with Gasteiger partial charge >= 0.3 is 0 Å². The van der Waals surface area contributed by atoms with E-state index in [2.05, 4.69) is 38.5 Å². The van der Waals surface area contributed by atoms with E-state index in [1.165, 1.54) is 0 Å². The largest absolute Gasteiger partial charge is 0.411 e. The maximum atomic E-state index is 13.0. The van der Waals surface area contributed by atoms with Crippen molar-refractivity contribution in [3.63, 3.8) is 0 Å². The first-order chi connectivity index (χ1) is 16.1. The molecule has 2 aromatic heterocycles. The van der Waals surface area contributed by atoms with Crippen molar-refractivity contribution in [3.05, 3.63) is 59.7 Å². The minimum absolute atomic E-state index is 0.189. The van der Waals surface area contributed by atoms with Crippen LogP contribution in [-0.2, 0) is 6.42 Å². The van der Waals surface area contributed by atoms with Crippen molar-refractivity contribution >= 4 is 11.6 Å². The molecule has 0 saturated carbocycles. The molecule has 1 saturated heterocycles. The first-order valence-corrected chi connectivity index (χ1v) is 11.4. The number of rotatable bonds is 5. The summed E-state index contributed by atoms with van der Waals surface area (Å²) in [6.45, 7) is 2.80. The second-order valence-electron chi connectivity index (χ2n) is 8.92. The molecule has 8 heteroatoms. The van der Waals surface area contributed by atoms with Gasteiger partial charge in [0.25, 0.3) is 5.91 Å². The number of fused-ring (bicyclic) bond motifs is 1. The minimum atomic E-state index is -0.189. The van der Waals surface area contributed by atoms with E-state index >= 15 is 0 Å². The maximum Gasteiger partial charge on any atom is 0.287 e. The number of benzene rings is 1. The predicted octanol–water partition coefficient (Wildman–Crippen LogP) is 3.33. The lowest BCUT2D eigenvalue weighted by Crippen LogP contribution is -2.37. The van der Waals surface area contributed by atoms with Gasteiger partial charge in [0.2, 0.25) is 0 Å². The summed E-state index contributed by atoms with van der Waals surface area (Å²) in [6, 6.07) is 9.82. The second-order valence-corrected chi connectivity index (χ2v) is 8.92. The van der Waals surface area contributed by atoms with E-state index in [1.54, 1.807) is 12.4 Å². The van der Waals surface area contributed by atoms with Crippen molar-refractivity contribution < 1.29 is 10.0 Å². The Hall–Kier alpha value is -3.52. The summed E-state index contributed by atoms with van der Waals surface area (Å²) in [4.78, 5) is 27.4. The average Bonchev–Trinajstić information content (AvgIpc) is 3.48. The zero-order chi connectivity index (χ0) is 22.8. The molecule has 2 aliphatic rings. The lowest BCUT2D eigenvalue weighted by molar-refractivity contribution is 0.0929. The van der Waals surface area contributed by atoms with Crippen molar-refractivity contribution in [2.24, 2.45) is 11.1 Å². The van der Waals surface area contributed by atoms with E-state index in [0.717, 1.165) is 72.4 Å². The fourth-order valence-electron chi connectivity index (χ4n) is 4.73. The molecule has 33 heavy (non-hydrogen) atoms. The number of piperidine rings is 1. The number of aromatic nitrogens is 3. The third kappa shape index (κ3) is 4.39. The van der Waals surface area contributed by atoms with Crippen LogP contribution < -0.4 is 5.32 Å². The Kier molecular flexibility index (Phi) is 5.92. The lowest BCUT2D eigenvalue weighted by atomic mass is 9.97. The Morgan fingerprint density at radius 3 is 2.73 bits per heavy atom. The molecule has 1 amide bonds. The van der Waals surface area contributed by atoms with Crippen molar-refractivity contribution in [1.82, 2.24) is 25.2 Å². The molecule has 0 unspecified atom stereocenters. The van der Waals surface area contributed by atoms with E-state index in [0.29, 0.717) is 24.0 Å². The number of carbonyl (C=O) groups excluding carboxylic acids is 1. The van der Waals surface area contributed by atoms with Crippen LogP contribution in [0.5, 0.6) is 0 Å². The summed E-state index contributed by atoms with van der Waals surface area (Å²) < 4.78 is 0. The van der Waals surface area contributed by atoms with Crippen LogP contribution in [0.4, 0.5) is 0 Å². The summed E-state index contributed by atoms with van der Waals surface area (Å²) in [7, 11) is 2.14. The van der Waals surface area contributed by atoms with E-state index < -0.39 is 0 Å². The topological polar surface area (TPSA) is 106 Å². The highest BCUT2D eigenvalue weighted by Gasteiger charge is 2.23. The molecule has 3 N–H and O–H groups in total. The number of hydrogen-bond acceptors (Lipinski definition) is 6. The molecule has 1 fully saturated rings. The third-order valence-electron chi connectivity index (χ3n) is 6.72. The Bertz CT molecular complexity index is 1180. The maximum absolute atomic E-state index is 13.0. The average molecular weight is 445 g/mol. The van der Waals surface area contributed by atoms with Gasteiger partial charge in [-0.25, -0.2) is 4.98 Å². The summed E-state index contributed by atoms with van der Waals surface area (Å²) in [5, 5.41) is 15.7. The molecule has 1 aliphatic carbocycles. The van der Waals surface area contributed by atoms with Crippen LogP contribution in [0.25, 0.3) is 22.5 Å². The van der Waals surface area contributed by atoms with Crippen molar-refractivity contribution in [2.75, 3.05) is 26.7 Å². The molecular formula is C25H28N6O2. The zero-order valence-electron chi connectivity index (χ0n) is 18.7. The predicted molar refractivity (Wildman–Crippen MR) is 126 cm³/mol. The van der Waals surface area contributed by atoms with Crippen LogP contribution in [0.15, 0.2) is 47.9 Å². The molecule has 170 valence electrons. The number of aryl methyl sites for hydroxylation is 1. The van der Waals surface area contributed by atoms with E-state index in [-0.39, 0.29) is 5.91 Å². The summed E-state index contributed by atoms with van der Waals surface area (Å²) >= 11 is 0. The SMILES string of the molecule is CN1CCC(CNC(=O)c2nc(-c3ccc4c(c3)CC/C4=N\O)c(-c3ccncc3)[nH]2)CC1. The van der Waals surface area contributed by atoms with E-state index in [9.17, 15) is 10.0 Å². The second kappa shape index (κ2) is 9.15. The third-order valence-corrected chi connectivity index (χ3v) is 6.72. The number of amides is 1. The molecule has 8 nitrogen and oxygen atoms in total. The van der Waals surface area contributed by atoms with Gasteiger partial charge in [0, 0.05) is 35.6 Å². The smallest absolute Gasteiger partial charge is 0.287 e. The number of nitrogens with zero attached hydrogens (tertiary/aromatic N) is 4. The number of hydrogen-bond donors (Lipinski definition) is 3. The van der Waals surface area contributed by atoms with Crippen LogP contribution in [0.3, 0.4) is 0 Å². The first-order valence-electron chi connectivity index (χ1n) is 11.4. The number of H-pyrrole nitrogens is 1. The number of nitrogens with one attached hydrogen (secondary N) is 2. The fraction of sp³-hybridized carbons (Fsp3) is 0.360. The van der Waals surface area contributed by atoms with Crippen LogP contribution in [0.1, 0.15) is 41.0 Å². The van der Waals surface area contributed by atoms with Gasteiger partial charge in [-0.3, -0.25) is 9.78 Å². The molecule has 0 bridgehead atoms. The van der Waals surface area contributed by atoms with Crippen LogP contribution >= 0.6 is 0 Å². The molecule has 3 aromatic rings. The lowest BCUT2D eigenvalue weighted by Gasteiger charge is -2.28. The number of aromatic amines is 1. The zero-order valence-corrected chi connectivity index (χ0v) is 18.7. The van der Waals surface area contributed by atoms with Crippen LogP contribution in [0.2, 0.25) is 0 Å². The number of imidazole rings is 1. The summed E-state index contributed by atoms with van der Waals surface area (Å²) in [5.41, 5.74) is 6.15. The van der Waals surface area contributed by atoms with E-state index in [4.69, 9.17) is 4.98 Å². The number of carbonyl (C=O) groups is 1. The number of pyridine rings is 1. The summed E-state index contributed by atoms with van der Waals surface area (Å²) in [5.74, 6) is 0.618. The highest BCUT2D eigenvalue weighted by molar-refractivity contribution is 6.04. The minimum Gasteiger partial charge on any atom is -0.411 e. The molecule has 1 aromatic carbocycles. The van der Waals surface area contributed by atoms with Gasteiger partial charge in [-0.15, -0.1) is 0 Å². The molecule has 5 rings (SSSR count). The van der Waals surface area contributed by atoms with Crippen molar-refractivity contribution in [1.29, 1.82) is 0 Å². The standard InChI is InChI=1S/C25H28N6O2/c1-31-12-8-16(9-13-31)15-27-25(32)24-28-22(17-6-10-26-11-7-17)23(29-24)19-2-4-20-18(14-19)3-5-21(20)30-33/h2,4,6-7,10-11,14,16,33H,3,5,8-9,12-13,15H2,1H3,(H,27,32)(H,28,29)/b30-21+.